The van der Waals surface area contributed by atoms with Crippen molar-refractivity contribution in [3.63, 3.8) is 0 Å². The molecule has 1 fully saturated rings. The van der Waals surface area contributed by atoms with Gasteiger partial charge in [-0.25, -0.2) is 0 Å². The van der Waals surface area contributed by atoms with Crippen LogP contribution >= 0.6 is 0 Å². The Morgan fingerprint density at radius 1 is 1.11 bits per heavy atom. The molecule has 0 saturated carbocycles. The Kier molecular flexibility index (Phi) is 10.4. The van der Waals surface area contributed by atoms with Gasteiger partial charge in [-0.2, -0.15) is 0 Å². The summed E-state index contributed by atoms with van der Waals surface area (Å²) in [6.07, 6.45) is 1.02. The number of hydrogen-bond donors (Lipinski definition) is 1. The van der Waals surface area contributed by atoms with Crippen molar-refractivity contribution in [3.8, 4) is 0 Å². The maximum absolute atomic E-state index is 11.7. The van der Waals surface area contributed by atoms with Crippen LogP contribution in [0.15, 0.2) is 36.4 Å². The second kappa shape index (κ2) is 10.9. The Bertz CT molecular complexity index is 252. The Labute approximate surface area is 117 Å². The highest BCUT2D eigenvalue weighted by molar-refractivity contribution is 4.99. The molecular formula is C16H28FNO. The molecule has 1 aliphatic rings. The number of benzene rings is 1. The molecule has 1 heterocycles. The number of nitrogens with one attached hydrogen (secondary N) is 1. The summed E-state index contributed by atoms with van der Waals surface area (Å²) in [5.41, 5.74) is 0.0417. The van der Waals surface area contributed by atoms with Crippen LogP contribution in [-0.2, 0) is 4.74 Å². The molecule has 1 aromatic rings. The summed E-state index contributed by atoms with van der Waals surface area (Å²) in [7, 11) is 1.71. The first-order valence-corrected chi connectivity index (χ1v) is 6.81. The monoisotopic (exact) mass is 269 g/mol. The molecule has 1 saturated heterocycles. The average Bonchev–Trinajstić information content (AvgIpc) is 2.94. The van der Waals surface area contributed by atoms with Gasteiger partial charge in [0.1, 0.15) is 0 Å². The largest absolute Gasteiger partial charge is 0.379 e. The fraction of sp³-hybridized carbons (Fsp3) is 0.625. The van der Waals surface area contributed by atoms with Gasteiger partial charge in [0.15, 0.2) is 0 Å². The molecule has 0 spiro atoms. The molecule has 0 aromatic heterocycles. The first-order chi connectivity index (χ1) is 8.99. The predicted octanol–water partition coefficient (Wildman–Crippen LogP) is 3.68. The molecule has 0 amide bonds. The van der Waals surface area contributed by atoms with Gasteiger partial charge >= 0.3 is 0 Å². The molecule has 1 atom stereocenters. The molecule has 110 valence electrons. The number of methoxy groups -OCH3 is 1. The minimum atomic E-state index is -0.146. The fourth-order valence-corrected chi connectivity index (χ4v) is 1.23. The summed E-state index contributed by atoms with van der Waals surface area (Å²) in [6.45, 7) is 7.81. The van der Waals surface area contributed by atoms with E-state index in [1.54, 1.807) is 7.11 Å². The van der Waals surface area contributed by atoms with Gasteiger partial charge in [-0.1, -0.05) is 36.4 Å². The lowest BCUT2D eigenvalue weighted by Crippen LogP contribution is -2.15. The second-order valence-electron chi connectivity index (χ2n) is 5.48. The van der Waals surface area contributed by atoms with Crippen LogP contribution < -0.4 is 5.32 Å². The third-order valence-electron chi connectivity index (χ3n) is 2.66. The fourth-order valence-electron chi connectivity index (χ4n) is 1.23. The van der Waals surface area contributed by atoms with Crippen molar-refractivity contribution < 1.29 is 9.13 Å². The third-order valence-corrected chi connectivity index (χ3v) is 2.66. The highest BCUT2D eigenvalue weighted by Gasteiger charge is 2.12. The molecule has 2 nitrogen and oxygen atoms in total. The maximum atomic E-state index is 11.7. The predicted molar refractivity (Wildman–Crippen MR) is 80.2 cm³/mol. The average molecular weight is 269 g/mol. The third kappa shape index (κ3) is 13.3. The Morgan fingerprint density at radius 3 is 1.68 bits per heavy atom. The summed E-state index contributed by atoms with van der Waals surface area (Å²) in [4.78, 5) is 0. The highest BCUT2D eigenvalue weighted by Crippen LogP contribution is 2.06. The standard InChI is InChI=1S/C6H6.C5H10FN.C5H12O/c1-2-4-6-5-3-1;6-3-5-1-2-7-4-5;1-5(2,3)6-4/h1-6H;5,7H,1-4H2;1-4H3/t;5-;/m.0./s1. The molecule has 1 aliphatic heterocycles. The van der Waals surface area contributed by atoms with Crippen molar-refractivity contribution >= 4 is 0 Å². The van der Waals surface area contributed by atoms with Crippen LogP contribution in [0, 0.1) is 5.92 Å². The summed E-state index contributed by atoms with van der Waals surface area (Å²) in [5.74, 6) is 0.319. The number of rotatable bonds is 1. The van der Waals surface area contributed by atoms with Crippen LogP contribution in [0.5, 0.6) is 0 Å². The van der Waals surface area contributed by atoms with Crippen molar-refractivity contribution in [2.75, 3.05) is 26.9 Å². The van der Waals surface area contributed by atoms with Crippen molar-refractivity contribution in [1.29, 1.82) is 0 Å². The number of alkyl halides is 1. The number of halogens is 1. The first-order valence-electron chi connectivity index (χ1n) is 6.81. The summed E-state index contributed by atoms with van der Waals surface area (Å²) >= 11 is 0. The summed E-state index contributed by atoms with van der Waals surface area (Å²) in [5, 5.41) is 3.08. The quantitative estimate of drug-likeness (QED) is 0.839. The van der Waals surface area contributed by atoms with Gasteiger partial charge in [-0.3, -0.25) is 4.39 Å². The molecule has 0 aliphatic carbocycles. The lowest BCUT2D eigenvalue weighted by Gasteiger charge is -2.14. The molecule has 0 unspecified atom stereocenters. The second-order valence-corrected chi connectivity index (χ2v) is 5.48. The van der Waals surface area contributed by atoms with Crippen LogP contribution in [0.2, 0.25) is 0 Å². The van der Waals surface area contributed by atoms with E-state index in [0.717, 1.165) is 19.5 Å². The normalized spacial score (nSPS) is 17.8. The van der Waals surface area contributed by atoms with Gasteiger partial charge in [-0.15, -0.1) is 0 Å². The summed E-state index contributed by atoms with van der Waals surface area (Å²) < 4.78 is 16.6. The molecule has 19 heavy (non-hydrogen) atoms. The van der Waals surface area contributed by atoms with Gasteiger partial charge in [0.05, 0.1) is 12.3 Å². The van der Waals surface area contributed by atoms with E-state index < -0.39 is 0 Å². The van der Waals surface area contributed by atoms with E-state index in [1.807, 2.05) is 57.2 Å². The molecule has 1 N–H and O–H groups in total. The van der Waals surface area contributed by atoms with Crippen molar-refractivity contribution in [2.24, 2.45) is 5.92 Å². The maximum Gasteiger partial charge on any atom is 0.0935 e. The van der Waals surface area contributed by atoms with Crippen LogP contribution in [0.3, 0.4) is 0 Å². The highest BCUT2D eigenvalue weighted by atomic mass is 19.1. The zero-order valence-corrected chi connectivity index (χ0v) is 12.7. The molecule has 1 aromatic carbocycles. The van der Waals surface area contributed by atoms with Gasteiger partial charge in [-0.05, 0) is 33.7 Å². The van der Waals surface area contributed by atoms with E-state index in [4.69, 9.17) is 4.74 Å². The minimum absolute atomic E-state index is 0.0417. The minimum Gasteiger partial charge on any atom is -0.379 e. The van der Waals surface area contributed by atoms with Crippen LogP contribution in [-0.4, -0.2) is 32.5 Å². The molecular weight excluding hydrogens is 241 g/mol. The first kappa shape index (κ1) is 18.1. The van der Waals surface area contributed by atoms with Gasteiger partial charge < -0.3 is 10.1 Å². The van der Waals surface area contributed by atoms with Crippen LogP contribution in [0.1, 0.15) is 27.2 Å². The van der Waals surface area contributed by atoms with E-state index in [-0.39, 0.29) is 12.3 Å². The number of ether oxygens (including phenoxy) is 1. The van der Waals surface area contributed by atoms with Crippen LogP contribution in [0.4, 0.5) is 4.39 Å². The van der Waals surface area contributed by atoms with Gasteiger partial charge in [0.2, 0.25) is 0 Å². The van der Waals surface area contributed by atoms with E-state index in [2.05, 4.69) is 5.32 Å². The van der Waals surface area contributed by atoms with Gasteiger partial charge in [0.25, 0.3) is 0 Å². The summed E-state index contributed by atoms with van der Waals surface area (Å²) in [6, 6.07) is 12.0. The number of hydrogen-bond acceptors (Lipinski definition) is 2. The smallest absolute Gasteiger partial charge is 0.0935 e. The van der Waals surface area contributed by atoms with Crippen molar-refractivity contribution in [1.82, 2.24) is 5.32 Å². The Morgan fingerprint density at radius 2 is 1.53 bits per heavy atom. The lowest BCUT2D eigenvalue weighted by atomic mass is 10.1. The lowest BCUT2D eigenvalue weighted by molar-refractivity contribution is 0.0397. The zero-order valence-electron chi connectivity index (χ0n) is 12.7. The van der Waals surface area contributed by atoms with E-state index in [0.29, 0.717) is 5.92 Å². The van der Waals surface area contributed by atoms with E-state index in [9.17, 15) is 4.39 Å². The molecule has 3 heteroatoms. The van der Waals surface area contributed by atoms with Crippen molar-refractivity contribution in [3.05, 3.63) is 36.4 Å². The van der Waals surface area contributed by atoms with Gasteiger partial charge in [0, 0.05) is 19.6 Å². The Balaban J connectivity index is 0.000000257. The van der Waals surface area contributed by atoms with E-state index in [1.165, 1.54) is 0 Å². The van der Waals surface area contributed by atoms with Crippen molar-refractivity contribution in [2.45, 2.75) is 32.8 Å². The SMILES string of the molecule is COC(C)(C)C.FC[C@@H]1CCNC1.c1ccccc1. The molecule has 0 bridgehead atoms. The molecule has 2 rings (SSSR count). The molecule has 0 radical (unpaired) electrons. The topological polar surface area (TPSA) is 21.3 Å². The zero-order chi connectivity index (χ0) is 14.6. The Hall–Kier alpha value is -0.930. The van der Waals surface area contributed by atoms with E-state index >= 15 is 0 Å². The van der Waals surface area contributed by atoms with Crippen LogP contribution in [0.25, 0.3) is 0 Å².